The van der Waals surface area contributed by atoms with Crippen molar-refractivity contribution in [3.8, 4) is 46.5 Å². The number of rotatable bonds is 2. The summed E-state index contributed by atoms with van der Waals surface area (Å²) < 4.78 is 0. The van der Waals surface area contributed by atoms with Crippen molar-refractivity contribution in [3.63, 3.8) is 0 Å². The van der Waals surface area contributed by atoms with Crippen molar-refractivity contribution in [1.82, 2.24) is 0 Å². The van der Waals surface area contributed by atoms with E-state index in [9.17, 15) is 21.0 Å². The van der Waals surface area contributed by atoms with Gasteiger partial charge in [-0.15, -0.1) is 9.24 Å². The second-order valence-corrected chi connectivity index (χ2v) is 6.30. The van der Waals surface area contributed by atoms with Crippen molar-refractivity contribution in [2.45, 2.75) is 0 Å². The van der Waals surface area contributed by atoms with Crippen LogP contribution < -0.4 is 5.30 Å². The highest BCUT2D eigenvalue weighted by atomic mass is 31.0. The predicted octanol–water partition coefficient (Wildman–Crippen LogP) is 4.01. The molecule has 3 aromatic rings. The minimum absolute atomic E-state index is 0.283. The van der Waals surface area contributed by atoms with Crippen molar-refractivity contribution < 1.29 is 0 Å². The molecule has 27 heavy (non-hydrogen) atoms. The third-order valence-electron chi connectivity index (χ3n) is 4.25. The normalized spacial score (nSPS) is 9.52. The van der Waals surface area contributed by atoms with E-state index >= 15 is 0 Å². The van der Waals surface area contributed by atoms with Crippen LogP contribution in [0, 0.1) is 45.3 Å². The highest BCUT2D eigenvalue weighted by molar-refractivity contribution is 7.28. The molecule has 0 aliphatic carbocycles. The van der Waals surface area contributed by atoms with Gasteiger partial charge >= 0.3 is 0 Å². The minimum atomic E-state index is 0.283. The van der Waals surface area contributed by atoms with Gasteiger partial charge in [0.1, 0.15) is 24.3 Å². The summed E-state index contributed by atoms with van der Waals surface area (Å²) in [6, 6.07) is 24.1. The monoisotopic (exact) mass is 362 g/mol. The zero-order valence-electron chi connectivity index (χ0n) is 14.1. The fraction of sp³-hybridized carbons (Fsp3) is 0. The van der Waals surface area contributed by atoms with Gasteiger partial charge in [-0.25, -0.2) is 0 Å². The summed E-state index contributed by atoms with van der Waals surface area (Å²) in [5.41, 5.74) is 3.84. The van der Waals surface area contributed by atoms with E-state index in [1.165, 1.54) is 0 Å². The number of nitrogens with zero attached hydrogens (tertiary/aromatic N) is 4. The van der Waals surface area contributed by atoms with Crippen LogP contribution in [0.15, 0.2) is 54.6 Å². The van der Waals surface area contributed by atoms with Gasteiger partial charge in [0, 0.05) is 11.1 Å². The quantitative estimate of drug-likeness (QED) is 0.644. The van der Waals surface area contributed by atoms with E-state index in [0.29, 0.717) is 22.3 Å². The Morgan fingerprint density at radius 3 is 1.59 bits per heavy atom. The molecule has 0 bridgehead atoms. The van der Waals surface area contributed by atoms with Gasteiger partial charge in [0.2, 0.25) is 0 Å². The molecule has 0 N–H and O–H groups in total. The van der Waals surface area contributed by atoms with Crippen LogP contribution in [0.25, 0.3) is 22.3 Å². The third-order valence-corrected chi connectivity index (χ3v) is 4.73. The standard InChI is InChI=1S/C22H11N4P/c23-10-14-4-1-6-16(19(14)12-25)17-8-3-9-21(27)22(17)18-7-2-5-15(11-24)20(18)13-26/h1-9H,27H2. The molecule has 0 heterocycles. The molecular weight excluding hydrogens is 351 g/mol. The van der Waals surface area contributed by atoms with Crippen LogP contribution in [0.3, 0.4) is 0 Å². The van der Waals surface area contributed by atoms with Crippen LogP contribution in [0.1, 0.15) is 22.3 Å². The summed E-state index contributed by atoms with van der Waals surface area (Å²) in [7, 11) is 2.63. The first kappa shape index (κ1) is 17.9. The second kappa shape index (κ2) is 7.52. The highest BCUT2D eigenvalue weighted by Crippen LogP contribution is 2.36. The first-order valence-electron chi connectivity index (χ1n) is 7.92. The van der Waals surface area contributed by atoms with Gasteiger partial charge in [0.15, 0.2) is 0 Å². The van der Waals surface area contributed by atoms with Gasteiger partial charge in [-0.3, -0.25) is 0 Å². The summed E-state index contributed by atoms with van der Waals surface area (Å²) in [6.07, 6.45) is 0. The smallest absolute Gasteiger partial charge is 0.101 e. The molecule has 0 aromatic heterocycles. The lowest BCUT2D eigenvalue weighted by molar-refractivity contribution is 1.42. The van der Waals surface area contributed by atoms with Crippen molar-refractivity contribution in [2.24, 2.45) is 0 Å². The van der Waals surface area contributed by atoms with Gasteiger partial charge in [-0.05, 0) is 28.6 Å². The molecule has 0 amide bonds. The van der Waals surface area contributed by atoms with E-state index < -0.39 is 0 Å². The van der Waals surface area contributed by atoms with E-state index in [-0.39, 0.29) is 11.1 Å². The van der Waals surface area contributed by atoms with Crippen molar-refractivity contribution >= 4 is 14.5 Å². The van der Waals surface area contributed by atoms with Gasteiger partial charge < -0.3 is 0 Å². The third kappa shape index (κ3) is 3.03. The van der Waals surface area contributed by atoms with Crippen LogP contribution in [-0.2, 0) is 0 Å². The summed E-state index contributed by atoms with van der Waals surface area (Å²) in [6.45, 7) is 0. The van der Waals surface area contributed by atoms with E-state index in [1.807, 2.05) is 24.3 Å². The maximum Gasteiger partial charge on any atom is 0.101 e. The molecule has 5 heteroatoms. The van der Waals surface area contributed by atoms with Crippen molar-refractivity contribution in [2.75, 3.05) is 0 Å². The summed E-state index contributed by atoms with van der Waals surface area (Å²) in [5, 5.41) is 38.7. The predicted molar refractivity (Wildman–Crippen MR) is 106 cm³/mol. The molecule has 1 atom stereocenters. The fourth-order valence-corrected chi connectivity index (χ4v) is 3.48. The van der Waals surface area contributed by atoms with Crippen LogP contribution in [-0.4, -0.2) is 0 Å². The molecular formula is C22H11N4P. The Labute approximate surface area is 159 Å². The maximum absolute atomic E-state index is 9.62. The lowest BCUT2D eigenvalue weighted by Gasteiger charge is -2.16. The molecule has 4 nitrogen and oxygen atoms in total. The van der Waals surface area contributed by atoms with Crippen LogP contribution in [0.2, 0.25) is 0 Å². The first-order chi connectivity index (χ1) is 13.2. The van der Waals surface area contributed by atoms with E-state index in [4.69, 9.17) is 0 Å². The van der Waals surface area contributed by atoms with Crippen molar-refractivity contribution in [3.05, 3.63) is 76.9 Å². The Morgan fingerprint density at radius 1 is 0.556 bits per heavy atom. The Morgan fingerprint density at radius 2 is 1.04 bits per heavy atom. The summed E-state index contributed by atoms with van der Waals surface area (Å²) in [5.74, 6) is 0. The van der Waals surface area contributed by atoms with E-state index in [0.717, 1.165) is 16.4 Å². The number of hydrogen-bond acceptors (Lipinski definition) is 4. The molecule has 0 saturated carbocycles. The van der Waals surface area contributed by atoms with Gasteiger partial charge in [-0.2, -0.15) is 21.0 Å². The number of benzene rings is 3. The fourth-order valence-electron chi connectivity index (χ4n) is 3.06. The van der Waals surface area contributed by atoms with Crippen LogP contribution in [0.5, 0.6) is 0 Å². The molecule has 0 fully saturated rings. The Bertz CT molecular complexity index is 1230. The molecule has 1 unspecified atom stereocenters. The Kier molecular flexibility index (Phi) is 4.97. The lowest BCUT2D eigenvalue weighted by Crippen LogP contribution is -2.03. The average Bonchev–Trinajstić information content (AvgIpc) is 2.72. The number of hydrogen-bond donors (Lipinski definition) is 0. The Hall–Kier alpha value is -3.95. The molecule has 0 radical (unpaired) electrons. The number of nitriles is 4. The zero-order chi connectivity index (χ0) is 19.4. The SMILES string of the molecule is N#Cc1cccc(-c2cccc(P)c2-c2cccc(C#N)c2C#N)c1C#N. The molecule has 124 valence electrons. The lowest BCUT2D eigenvalue weighted by atomic mass is 9.88. The second-order valence-electron chi connectivity index (χ2n) is 5.67. The average molecular weight is 362 g/mol. The summed E-state index contributed by atoms with van der Waals surface area (Å²) in [4.78, 5) is 0. The molecule has 3 aromatic carbocycles. The van der Waals surface area contributed by atoms with Gasteiger partial charge in [0.25, 0.3) is 0 Å². The van der Waals surface area contributed by atoms with Gasteiger partial charge in [-0.1, -0.05) is 42.5 Å². The largest absolute Gasteiger partial charge is 0.192 e. The van der Waals surface area contributed by atoms with E-state index in [1.54, 1.807) is 36.4 Å². The molecule has 0 aliphatic heterocycles. The highest BCUT2D eigenvalue weighted by Gasteiger charge is 2.19. The topological polar surface area (TPSA) is 95.2 Å². The molecule has 3 rings (SSSR count). The van der Waals surface area contributed by atoms with Crippen LogP contribution in [0.4, 0.5) is 0 Å². The molecule has 0 spiro atoms. The minimum Gasteiger partial charge on any atom is -0.192 e. The van der Waals surface area contributed by atoms with Crippen molar-refractivity contribution in [1.29, 1.82) is 21.0 Å². The Balaban J connectivity index is 2.43. The van der Waals surface area contributed by atoms with Gasteiger partial charge in [0.05, 0.1) is 22.3 Å². The molecule has 0 aliphatic rings. The van der Waals surface area contributed by atoms with Crippen LogP contribution >= 0.6 is 9.24 Å². The zero-order valence-corrected chi connectivity index (χ0v) is 15.2. The molecule has 0 saturated heterocycles. The first-order valence-corrected chi connectivity index (χ1v) is 8.49. The summed E-state index contributed by atoms with van der Waals surface area (Å²) >= 11 is 0. The van der Waals surface area contributed by atoms with E-state index in [2.05, 4.69) is 27.4 Å². The maximum atomic E-state index is 9.62.